The Balaban J connectivity index is 2.48. The third-order valence-electron chi connectivity index (χ3n) is 3.24. The molecule has 0 N–H and O–H groups in total. The molecule has 0 amide bonds. The van der Waals surface area contributed by atoms with Crippen LogP contribution in [-0.2, 0) is 15.7 Å². The van der Waals surface area contributed by atoms with Gasteiger partial charge in [-0.2, -0.15) is 13.2 Å². The van der Waals surface area contributed by atoms with Crippen LogP contribution in [-0.4, -0.2) is 18.2 Å². The van der Waals surface area contributed by atoms with Crippen molar-refractivity contribution in [3.05, 3.63) is 35.4 Å². The van der Waals surface area contributed by atoms with Crippen molar-refractivity contribution in [3.63, 3.8) is 0 Å². The van der Waals surface area contributed by atoms with Crippen molar-refractivity contribution in [1.29, 1.82) is 0 Å². The second kappa shape index (κ2) is 5.66. The number of halogens is 3. The zero-order chi connectivity index (χ0) is 16.5. The summed E-state index contributed by atoms with van der Waals surface area (Å²) >= 11 is 0. The Morgan fingerprint density at radius 1 is 1.41 bits per heavy atom. The Hall–Kier alpha value is -1.98. The molecule has 6 heteroatoms. The van der Waals surface area contributed by atoms with Gasteiger partial charge in [-0.3, -0.25) is 0 Å². The van der Waals surface area contributed by atoms with E-state index in [1.807, 2.05) is 0 Å². The largest absolute Gasteiger partial charge is 0.487 e. The molecule has 0 aliphatic carbocycles. The summed E-state index contributed by atoms with van der Waals surface area (Å²) in [4.78, 5) is 11.6. The van der Waals surface area contributed by atoms with E-state index in [1.54, 1.807) is 20.8 Å². The third-order valence-corrected chi connectivity index (χ3v) is 3.24. The molecule has 0 aromatic heterocycles. The molecule has 0 spiro atoms. The van der Waals surface area contributed by atoms with E-state index in [1.165, 1.54) is 12.1 Å². The first-order chi connectivity index (χ1) is 10.1. The molecular weight excluding hydrogens is 297 g/mol. The van der Waals surface area contributed by atoms with Gasteiger partial charge in [0, 0.05) is 18.1 Å². The highest BCUT2D eigenvalue weighted by Crippen LogP contribution is 2.43. The molecule has 22 heavy (non-hydrogen) atoms. The van der Waals surface area contributed by atoms with Crippen molar-refractivity contribution < 1.29 is 27.4 Å². The number of rotatable bonds is 2. The van der Waals surface area contributed by atoms with E-state index in [0.717, 1.165) is 12.1 Å². The van der Waals surface area contributed by atoms with Crippen LogP contribution in [0, 0.1) is 0 Å². The normalized spacial score (nSPS) is 18.5. The summed E-state index contributed by atoms with van der Waals surface area (Å²) in [5.74, 6) is -0.386. The fourth-order valence-corrected chi connectivity index (χ4v) is 2.39. The first-order valence-corrected chi connectivity index (χ1v) is 6.90. The second-order valence-corrected chi connectivity index (χ2v) is 5.67. The van der Waals surface area contributed by atoms with Gasteiger partial charge in [0.25, 0.3) is 0 Å². The quantitative estimate of drug-likeness (QED) is 0.606. The van der Waals surface area contributed by atoms with Gasteiger partial charge in [-0.25, -0.2) is 4.79 Å². The van der Waals surface area contributed by atoms with E-state index in [0.29, 0.717) is 17.6 Å². The van der Waals surface area contributed by atoms with Crippen LogP contribution in [0.4, 0.5) is 13.2 Å². The predicted molar refractivity (Wildman–Crippen MR) is 75.4 cm³/mol. The number of benzene rings is 1. The molecule has 1 aliphatic rings. The molecule has 0 radical (unpaired) electrons. The zero-order valence-electron chi connectivity index (χ0n) is 12.6. The van der Waals surface area contributed by atoms with Gasteiger partial charge in [-0.05, 0) is 38.5 Å². The van der Waals surface area contributed by atoms with Gasteiger partial charge in [-0.15, -0.1) is 0 Å². The number of fused-ring (bicyclic) bond motifs is 1. The summed E-state index contributed by atoms with van der Waals surface area (Å²) in [6.07, 6.45) is -2.71. The second-order valence-electron chi connectivity index (χ2n) is 5.67. The summed E-state index contributed by atoms with van der Waals surface area (Å²) < 4.78 is 48.9. The van der Waals surface area contributed by atoms with Crippen molar-refractivity contribution in [2.24, 2.45) is 0 Å². The maximum atomic E-state index is 12.8. The van der Waals surface area contributed by atoms with Crippen LogP contribution in [0.15, 0.2) is 24.3 Å². The predicted octanol–water partition coefficient (Wildman–Crippen LogP) is 4.21. The number of esters is 1. The highest BCUT2D eigenvalue weighted by Gasteiger charge is 2.35. The van der Waals surface area contributed by atoms with Gasteiger partial charge in [0.05, 0.1) is 12.2 Å². The topological polar surface area (TPSA) is 35.5 Å². The summed E-state index contributed by atoms with van der Waals surface area (Å²) in [7, 11) is 0. The maximum Gasteiger partial charge on any atom is 0.416 e. The van der Waals surface area contributed by atoms with E-state index >= 15 is 0 Å². The Bertz CT molecular complexity index is 616. The standard InChI is InChI=1S/C16H17F3O3/c1-4-21-14(20)7-10-9-15(2,3)22-13-8-11(16(17,18)19)5-6-12(10)13/h5-8H,4,9H2,1-3H3/b10-7+. The smallest absolute Gasteiger partial charge is 0.416 e. The lowest BCUT2D eigenvalue weighted by atomic mass is 9.88. The first kappa shape index (κ1) is 16.4. The third kappa shape index (κ3) is 3.61. The van der Waals surface area contributed by atoms with Crippen molar-refractivity contribution in [2.45, 2.75) is 39.0 Å². The lowest BCUT2D eigenvalue weighted by Gasteiger charge is -2.34. The van der Waals surface area contributed by atoms with Gasteiger partial charge in [0.1, 0.15) is 11.4 Å². The summed E-state index contributed by atoms with van der Waals surface area (Å²) in [5.41, 5.74) is -0.381. The Morgan fingerprint density at radius 3 is 2.68 bits per heavy atom. The van der Waals surface area contributed by atoms with Gasteiger partial charge in [0.15, 0.2) is 0 Å². The number of carbonyl (C=O) groups is 1. The Kier molecular flexibility index (Phi) is 4.22. The number of alkyl halides is 3. The Morgan fingerprint density at radius 2 is 2.09 bits per heavy atom. The fourth-order valence-electron chi connectivity index (χ4n) is 2.39. The molecule has 1 heterocycles. The van der Waals surface area contributed by atoms with E-state index in [4.69, 9.17) is 9.47 Å². The lowest BCUT2D eigenvalue weighted by Crippen LogP contribution is -2.32. The van der Waals surface area contributed by atoms with Crippen molar-refractivity contribution >= 4 is 11.5 Å². The number of hydrogen-bond acceptors (Lipinski definition) is 3. The van der Waals surface area contributed by atoms with Crippen molar-refractivity contribution in [1.82, 2.24) is 0 Å². The minimum absolute atomic E-state index is 0.127. The van der Waals surface area contributed by atoms with Crippen LogP contribution in [0.2, 0.25) is 0 Å². The van der Waals surface area contributed by atoms with Gasteiger partial charge >= 0.3 is 12.1 Å². The number of carbonyl (C=O) groups excluding carboxylic acids is 1. The maximum absolute atomic E-state index is 12.8. The Labute approximate surface area is 126 Å². The van der Waals surface area contributed by atoms with E-state index in [2.05, 4.69) is 0 Å². The molecule has 0 bridgehead atoms. The highest BCUT2D eigenvalue weighted by atomic mass is 19.4. The van der Waals surface area contributed by atoms with Crippen LogP contribution in [0.1, 0.15) is 38.3 Å². The number of ether oxygens (including phenoxy) is 2. The van der Waals surface area contributed by atoms with Crippen LogP contribution in [0.5, 0.6) is 5.75 Å². The molecule has 0 fully saturated rings. The first-order valence-electron chi connectivity index (χ1n) is 6.90. The number of hydrogen-bond donors (Lipinski definition) is 0. The molecule has 1 aliphatic heterocycles. The molecule has 0 unspecified atom stereocenters. The van der Waals surface area contributed by atoms with Crippen LogP contribution in [0.25, 0.3) is 5.57 Å². The van der Waals surface area contributed by atoms with Gasteiger partial charge in [0.2, 0.25) is 0 Å². The SMILES string of the molecule is CCOC(=O)/C=C1\CC(C)(C)Oc2cc(C(F)(F)F)ccc21. The van der Waals surface area contributed by atoms with Gasteiger partial charge < -0.3 is 9.47 Å². The molecule has 2 rings (SSSR count). The van der Waals surface area contributed by atoms with Gasteiger partial charge in [-0.1, -0.05) is 6.07 Å². The van der Waals surface area contributed by atoms with E-state index in [-0.39, 0.29) is 12.4 Å². The molecule has 0 saturated heterocycles. The van der Waals surface area contributed by atoms with Crippen molar-refractivity contribution in [2.75, 3.05) is 6.61 Å². The molecular formula is C16H17F3O3. The molecule has 0 saturated carbocycles. The van der Waals surface area contributed by atoms with Crippen LogP contribution >= 0.6 is 0 Å². The molecule has 1 aromatic carbocycles. The monoisotopic (exact) mass is 314 g/mol. The summed E-state index contributed by atoms with van der Waals surface area (Å²) in [6, 6.07) is 3.28. The van der Waals surface area contributed by atoms with Crippen LogP contribution in [0.3, 0.4) is 0 Å². The molecule has 120 valence electrons. The summed E-state index contributed by atoms with van der Waals surface area (Å²) in [5, 5.41) is 0. The van der Waals surface area contributed by atoms with Crippen LogP contribution < -0.4 is 4.74 Å². The minimum atomic E-state index is -4.44. The zero-order valence-corrected chi connectivity index (χ0v) is 12.6. The average Bonchev–Trinajstić information content (AvgIpc) is 2.35. The average molecular weight is 314 g/mol. The van der Waals surface area contributed by atoms with E-state index < -0.39 is 23.3 Å². The summed E-state index contributed by atoms with van der Waals surface area (Å²) in [6.45, 7) is 5.45. The highest BCUT2D eigenvalue weighted by molar-refractivity contribution is 5.93. The molecule has 0 atom stereocenters. The minimum Gasteiger partial charge on any atom is -0.487 e. The fraction of sp³-hybridized carbons (Fsp3) is 0.438. The molecule has 3 nitrogen and oxygen atoms in total. The lowest BCUT2D eigenvalue weighted by molar-refractivity contribution is -0.138. The molecule has 1 aromatic rings. The van der Waals surface area contributed by atoms with E-state index in [9.17, 15) is 18.0 Å². The van der Waals surface area contributed by atoms with Crippen molar-refractivity contribution in [3.8, 4) is 5.75 Å².